The first kappa shape index (κ1) is 21.8. The molecular weight excluding hydrogens is 376 g/mol. The highest BCUT2D eigenvalue weighted by atomic mass is 16.5. The van der Waals surface area contributed by atoms with Crippen LogP contribution < -0.4 is 10.1 Å². The number of carbonyl (C=O) groups is 1. The average molecular weight is 409 g/mol. The Morgan fingerprint density at radius 1 is 1.20 bits per heavy atom. The van der Waals surface area contributed by atoms with Crippen molar-refractivity contribution >= 4 is 11.6 Å². The van der Waals surface area contributed by atoms with Crippen LogP contribution in [0.5, 0.6) is 5.75 Å². The predicted octanol–water partition coefficient (Wildman–Crippen LogP) is 4.33. The maximum absolute atomic E-state index is 12.5. The Morgan fingerprint density at radius 2 is 1.97 bits per heavy atom. The minimum absolute atomic E-state index is 0.0162. The number of nitrogens with zero attached hydrogens (tertiary/aromatic N) is 3. The molecule has 6 heteroatoms. The largest absolute Gasteiger partial charge is 0.493 e. The number of ether oxygens (including phenoxy) is 1. The van der Waals surface area contributed by atoms with Crippen LogP contribution in [0, 0.1) is 26.7 Å². The van der Waals surface area contributed by atoms with Gasteiger partial charge in [-0.2, -0.15) is 5.10 Å². The van der Waals surface area contributed by atoms with Crippen molar-refractivity contribution in [1.29, 1.82) is 0 Å². The van der Waals surface area contributed by atoms with Gasteiger partial charge in [-0.1, -0.05) is 32.0 Å². The molecule has 0 saturated carbocycles. The third kappa shape index (κ3) is 5.38. The number of benzene rings is 1. The predicted molar refractivity (Wildman–Crippen MR) is 119 cm³/mol. The van der Waals surface area contributed by atoms with Gasteiger partial charge in [0.2, 0.25) is 5.91 Å². The first-order valence-electron chi connectivity index (χ1n) is 10.6. The van der Waals surface area contributed by atoms with Crippen molar-refractivity contribution in [2.24, 2.45) is 5.92 Å². The van der Waals surface area contributed by atoms with Gasteiger partial charge in [-0.05, 0) is 51.2 Å². The van der Waals surface area contributed by atoms with Crippen LogP contribution in [0.25, 0.3) is 5.65 Å². The van der Waals surface area contributed by atoms with Gasteiger partial charge in [0.25, 0.3) is 0 Å². The monoisotopic (exact) mass is 408 g/mol. The average Bonchev–Trinajstić information content (AvgIpc) is 3.07. The second-order valence-electron chi connectivity index (χ2n) is 8.23. The molecule has 6 nitrogen and oxygen atoms in total. The number of nitrogens with one attached hydrogen (secondary N) is 1. The Morgan fingerprint density at radius 3 is 2.73 bits per heavy atom. The van der Waals surface area contributed by atoms with Gasteiger partial charge in [-0.15, -0.1) is 0 Å². The molecule has 0 aliphatic heterocycles. The molecule has 30 heavy (non-hydrogen) atoms. The number of rotatable bonds is 9. The molecule has 0 spiro atoms. The van der Waals surface area contributed by atoms with Crippen molar-refractivity contribution in [2.45, 2.75) is 60.4 Å². The number of amides is 1. The Kier molecular flexibility index (Phi) is 7.08. The van der Waals surface area contributed by atoms with E-state index in [1.165, 1.54) is 0 Å². The molecule has 160 valence electrons. The van der Waals surface area contributed by atoms with Crippen molar-refractivity contribution in [3.8, 4) is 5.75 Å². The SMILES string of the molecule is Cc1cc2nc(C)c(CCC(=O)NCc3ccccc3OCCC(C)C)c(C)n2n1. The number of hydrogen-bond acceptors (Lipinski definition) is 4. The quantitative estimate of drug-likeness (QED) is 0.572. The fourth-order valence-electron chi connectivity index (χ4n) is 3.52. The van der Waals surface area contributed by atoms with Crippen molar-refractivity contribution < 1.29 is 9.53 Å². The summed E-state index contributed by atoms with van der Waals surface area (Å²) < 4.78 is 7.78. The molecule has 3 rings (SSSR count). The van der Waals surface area contributed by atoms with Gasteiger partial charge < -0.3 is 10.1 Å². The molecule has 2 aromatic heterocycles. The number of aryl methyl sites for hydroxylation is 3. The number of para-hydroxylation sites is 1. The van der Waals surface area contributed by atoms with Crippen LogP contribution in [0.4, 0.5) is 0 Å². The van der Waals surface area contributed by atoms with Gasteiger partial charge in [0.05, 0.1) is 12.3 Å². The van der Waals surface area contributed by atoms with E-state index in [1.807, 2.05) is 55.6 Å². The first-order chi connectivity index (χ1) is 14.3. The van der Waals surface area contributed by atoms with E-state index in [0.29, 0.717) is 31.9 Å². The third-order valence-electron chi connectivity index (χ3n) is 5.29. The molecule has 0 atom stereocenters. The molecular formula is C24H32N4O2. The number of fused-ring (bicyclic) bond motifs is 1. The van der Waals surface area contributed by atoms with Crippen LogP contribution in [0.1, 0.15) is 54.9 Å². The number of aromatic nitrogens is 3. The minimum Gasteiger partial charge on any atom is -0.493 e. The zero-order chi connectivity index (χ0) is 21.7. The van der Waals surface area contributed by atoms with E-state index in [0.717, 1.165) is 46.0 Å². The van der Waals surface area contributed by atoms with Crippen LogP contribution in [-0.4, -0.2) is 27.1 Å². The molecule has 0 saturated heterocycles. The summed E-state index contributed by atoms with van der Waals surface area (Å²) in [4.78, 5) is 17.1. The number of carbonyl (C=O) groups excluding carboxylic acids is 1. The summed E-state index contributed by atoms with van der Waals surface area (Å²) in [6.45, 7) is 11.5. The smallest absolute Gasteiger partial charge is 0.220 e. The van der Waals surface area contributed by atoms with Crippen molar-refractivity contribution in [1.82, 2.24) is 19.9 Å². The summed E-state index contributed by atoms with van der Waals surface area (Å²) in [6.07, 6.45) is 2.05. The van der Waals surface area contributed by atoms with Crippen LogP contribution in [0.15, 0.2) is 30.3 Å². The van der Waals surface area contributed by atoms with Crippen LogP contribution in [0.2, 0.25) is 0 Å². The molecule has 0 bridgehead atoms. The summed E-state index contributed by atoms with van der Waals surface area (Å²) in [7, 11) is 0. The maximum atomic E-state index is 12.5. The lowest BCUT2D eigenvalue weighted by Gasteiger charge is -2.14. The summed E-state index contributed by atoms with van der Waals surface area (Å²) >= 11 is 0. The lowest BCUT2D eigenvalue weighted by Crippen LogP contribution is -2.24. The molecule has 0 aliphatic rings. The van der Waals surface area contributed by atoms with E-state index in [9.17, 15) is 4.79 Å². The van der Waals surface area contributed by atoms with Gasteiger partial charge in [0.1, 0.15) is 5.75 Å². The maximum Gasteiger partial charge on any atom is 0.220 e. The summed E-state index contributed by atoms with van der Waals surface area (Å²) in [5, 5.41) is 7.53. The Hall–Kier alpha value is -2.89. The van der Waals surface area contributed by atoms with E-state index in [2.05, 4.69) is 29.2 Å². The molecule has 1 amide bonds. The van der Waals surface area contributed by atoms with Gasteiger partial charge in [0, 0.05) is 36.0 Å². The lowest BCUT2D eigenvalue weighted by molar-refractivity contribution is -0.121. The van der Waals surface area contributed by atoms with E-state index >= 15 is 0 Å². The minimum atomic E-state index is 0.0162. The van der Waals surface area contributed by atoms with Gasteiger partial charge in [-0.25, -0.2) is 9.50 Å². The van der Waals surface area contributed by atoms with E-state index in [4.69, 9.17) is 4.74 Å². The Labute approximate surface area is 178 Å². The molecule has 3 aromatic rings. The molecule has 2 heterocycles. The van der Waals surface area contributed by atoms with E-state index in [-0.39, 0.29) is 5.91 Å². The van der Waals surface area contributed by atoms with Crippen molar-refractivity contribution in [3.63, 3.8) is 0 Å². The zero-order valence-electron chi connectivity index (χ0n) is 18.7. The Bertz CT molecular complexity index is 1020. The fraction of sp³-hybridized carbons (Fsp3) is 0.458. The lowest BCUT2D eigenvalue weighted by atomic mass is 10.1. The summed E-state index contributed by atoms with van der Waals surface area (Å²) in [5.41, 5.74) is 5.87. The second-order valence-corrected chi connectivity index (χ2v) is 8.23. The van der Waals surface area contributed by atoms with Crippen LogP contribution in [0.3, 0.4) is 0 Å². The highest BCUT2D eigenvalue weighted by Gasteiger charge is 2.13. The van der Waals surface area contributed by atoms with Gasteiger partial charge >= 0.3 is 0 Å². The first-order valence-corrected chi connectivity index (χ1v) is 10.6. The molecule has 0 aliphatic carbocycles. The Balaban J connectivity index is 1.58. The third-order valence-corrected chi connectivity index (χ3v) is 5.29. The summed E-state index contributed by atoms with van der Waals surface area (Å²) in [6, 6.07) is 9.86. The summed E-state index contributed by atoms with van der Waals surface area (Å²) in [5.74, 6) is 1.46. The molecule has 0 radical (unpaired) electrons. The number of hydrogen-bond donors (Lipinski definition) is 1. The van der Waals surface area contributed by atoms with Crippen LogP contribution in [-0.2, 0) is 17.8 Å². The fourth-order valence-corrected chi connectivity index (χ4v) is 3.52. The van der Waals surface area contributed by atoms with E-state index in [1.54, 1.807) is 0 Å². The van der Waals surface area contributed by atoms with Crippen LogP contribution >= 0.6 is 0 Å². The molecule has 1 N–H and O–H groups in total. The second kappa shape index (κ2) is 9.74. The normalized spacial score (nSPS) is 11.3. The van der Waals surface area contributed by atoms with E-state index < -0.39 is 0 Å². The van der Waals surface area contributed by atoms with Gasteiger partial charge in [0.15, 0.2) is 5.65 Å². The van der Waals surface area contributed by atoms with Crippen molar-refractivity contribution in [2.75, 3.05) is 6.61 Å². The zero-order valence-corrected chi connectivity index (χ0v) is 18.7. The highest BCUT2D eigenvalue weighted by Crippen LogP contribution is 2.19. The molecule has 0 fully saturated rings. The van der Waals surface area contributed by atoms with Gasteiger partial charge in [-0.3, -0.25) is 4.79 Å². The molecule has 0 unspecified atom stereocenters. The topological polar surface area (TPSA) is 68.5 Å². The highest BCUT2D eigenvalue weighted by molar-refractivity contribution is 5.76. The molecule has 1 aromatic carbocycles. The van der Waals surface area contributed by atoms with Crippen molar-refractivity contribution in [3.05, 3.63) is 58.5 Å². The standard InChI is InChI=1S/C24H32N4O2/c1-16(2)12-13-30-22-9-7-6-8-20(22)15-25-24(29)11-10-21-18(4)26-23-14-17(3)27-28(23)19(21)5/h6-9,14,16H,10-13,15H2,1-5H3,(H,25,29).